The third kappa shape index (κ3) is 1.62. The maximum atomic E-state index is 2.28. The number of rotatable bonds is 0. The monoisotopic (exact) mass is 183 g/mol. The normalized spacial score (nSPS) is 18.2. The van der Waals surface area contributed by atoms with Crippen LogP contribution in [0.15, 0.2) is 24.3 Å². The van der Waals surface area contributed by atoms with Gasteiger partial charge in [0.1, 0.15) is 13.1 Å². The Kier molecular flexibility index (Phi) is 2.45. The molecule has 1 aliphatic rings. The van der Waals surface area contributed by atoms with E-state index in [1.165, 1.54) is 24.2 Å². The van der Waals surface area contributed by atoms with Gasteiger partial charge < -0.3 is 16.9 Å². The predicted molar refractivity (Wildman–Crippen MR) is 46.0 cm³/mol. The Balaban J connectivity index is 0.000000720. The fraction of sp³-hybridized carbons (Fsp3) is 0.400. The molecule has 0 radical (unpaired) electrons. The van der Waals surface area contributed by atoms with Crippen LogP contribution in [0.1, 0.15) is 11.1 Å². The van der Waals surface area contributed by atoms with Gasteiger partial charge in [0, 0.05) is 11.1 Å². The number of hydrogen-bond donors (Lipinski definition) is 0. The molecule has 0 spiro atoms. The Morgan fingerprint density at radius 3 is 1.83 bits per heavy atom. The second-order valence-electron chi connectivity index (χ2n) is 4.02. The van der Waals surface area contributed by atoms with E-state index in [4.69, 9.17) is 0 Å². The molecule has 0 fully saturated rings. The summed E-state index contributed by atoms with van der Waals surface area (Å²) in [6.07, 6.45) is 0. The highest BCUT2D eigenvalue weighted by molar-refractivity contribution is 5.27. The summed E-state index contributed by atoms with van der Waals surface area (Å²) in [4.78, 5) is 0. The summed E-state index contributed by atoms with van der Waals surface area (Å²) < 4.78 is 1.11. The van der Waals surface area contributed by atoms with E-state index in [1.807, 2.05) is 0 Å². The van der Waals surface area contributed by atoms with E-state index in [0.717, 1.165) is 4.48 Å². The summed E-state index contributed by atoms with van der Waals surface area (Å²) in [7, 11) is 4.56. The quantitative estimate of drug-likeness (QED) is 0.443. The Labute approximate surface area is 80.0 Å². The van der Waals surface area contributed by atoms with Gasteiger partial charge in [0.05, 0.1) is 14.1 Å². The van der Waals surface area contributed by atoms with Gasteiger partial charge in [0.25, 0.3) is 0 Å². The molecule has 12 heavy (non-hydrogen) atoms. The molecule has 1 aliphatic heterocycles. The first kappa shape index (κ1) is 9.56. The minimum atomic E-state index is 0. The molecule has 0 amide bonds. The van der Waals surface area contributed by atoms with Gasteiger partial charge in [-0.2, -0.15) is 0 Å². The van der Waals surface area contributed by atoms with Crippen molar-refractivity contribution >= 4 is 0 Å². The van der Waals surface area contributed by atoms with Gasteiger partial charge >= 0.3 is 0 Å². The molecular weight excluding hydrogens is 170 g/mol. The third-order valence-electron chi connectivity index (χ3n) is 2.32. The zero-order valence-corrected chi connectivity index (χ0v) is 8.30. The maximum Gasteiger partial charge on any atom is 0.105 e. The molecule has 0 aliphatic carbocycles. The van der Waals surface area contributed by atoms with E-state index in [1.54, 1.807) is 0 Å². The molecule has 0 atom stereocenters. The van der Waals surface area contributed by atoms with Gasteiger partial charge in [-0.3, -0.25) is 0 Å². The predicted octanol–water partition coefficient (Wildman–Crippen LogP) is -1.22. The number of fused-ring (bicyclic) bond motifs is 1. The van der Waals surface area contributed by atoms with Crippen molar-refractivity contribution in [3.63, 3.8) is 0 Å². The van der Waals surface area contributed by atoms with Crippen LogP contribution in [0.2, 0.25) is 0 Å². The summed E-state index contributed by atoms with van der Waals surface area (Å²) in [6, 6.07) is 8.74. The van der Waals surface area contributed by atoms with Crippen LogP contribution < -0.4 is 12.4 Å². The average Bonchev–Trinajstić information content (AvgIpc) is 2.21. The Bertz CT molecular complexity index is 254. The topological polar surface area (TPSA) is 0 Å². The first-order valence-corrected chi connectivity index (χ1v) is 4.06. The minimum absolute atomic E-state index is 0. The summed E-state index contributed by atoms with van der Waals surface area (Å²) in [5.74, 6) is 0. The van der Waals surface area contributed by atoms with Gasteiger partial charge in [-0.05, 0) is 0 Å². The molecule has 2 rings (SSSR count). The smallest absolute Gasteiger partial charge is 0.105 e. The molecule has 0 saturated carbocycles. The molecule has 0 N–H and O–H groups in total. The third-order valence-corrected chi connectivity index (χ3v) is 2.32. The molecule has 0 aromatic heterocycles. The number of benzene rings is 1. The average molecular weight is 184 g/mol. The van der Waals surface area contributed by atoms with Crippen molar-refractivity contribution in [1.82, 2.24) is 0 Å². The Hall–Kier alpha value is -0.530. The van der Waals surface area contributed by atoms with Crippen LogP contribution in [0, 0.1) is 0 Å². The van der Waals surface area contributed by atoms with Crippen LogP contribution in [0.5, 0.6) is 0 Å². The van der Waals surface area contributed by atoms with Crippen molar-refractivity contribution in [2.75, 3.05) is 14.1 Å². The molecule has 1 aromatic rings. The summed E-state index contributed by atoms with van der Waals surface area (Å²) in [6.45, 7) is 2.38. The second-order valence-corrected chi connectivity index (χ2v) is 4.02. The van der Waals surface area contributed by atoms with Gasteiger partial charge in [0.2, 0.25) is 0 Å². The van der Waals surface area contributed by atoms with Gasteiger partial charge in [-0.15, -0.1) is 0 Å². The summed E-state index contributed by atoms with van der Waals surface area (Å²) in [5.41, 5.74) is 3.05. The van der Waals surface area contributed by atoms with Gasteiger partial charge in [-0.1, -0.05) is 24.3 Å². The van der Waals surface area contributed by atoms with Crippen LogP contribution in [-0.4, -0.2) is 18.6 Å². The fourth-order valence-corrected chi connectivity index (χ4v) is 1.84. The molecule has 66 valence electrons. The van der Waals surface area contributed by atoms with E-state index in [-0.39, 0.29) is 12.4 Å². The van der Waals surface area contributed by atoms with E-state index >= 15 is 0 Å². The van der Waals surface area contributed by atoms with Gasteiger partial charge in [-0.25, -0.2) is 0 Å². The highest BCUT2D eigenvalue weighted by Gasteiger charge is 2.26. The zero-order valence-electron chi connectivity index (χ0n) is 7.55. The van der Waals surface area contributed by atoms with Crippen LogP contribution in [-0.2, 0) is 13.1 Å². The van der Waals surface area contributed by atoms with Crippen LogP contribution >= 0.6 is 0 Å². The SMILES string of the molecule is C[N+]1(C)Cc2ccccc2C1.[Cl-]. The number of hydrogen-bond acceptors (Lipinski definition) is 0. The van der Waals surface area contributed by atoms with E-state index in [2.05, 4.69) is 38.4 Å². The lowest BCUT2D eigenvalue weighted by atomic mass is 10.1. The van der Waals surface area contributed by atoms with E-state index in [9.17, 15) is 0 Å². The lowest BCUT2D eigenvalue weighted by Gasteiger charge is -2.22. The molecule has 1 nitrogen and oxygen atoms in total. The molecule has 0 unspecified atom stereocenters. The molecular formula is C10H14ClN. The first-order chi connectivity index (χ1) is 5.17. The number of quaternary nitrogens is 1. The second kappa shape index (κ2) is 3.08. The molecule has 1 heterocycles. The largest absolute Gasteiger partial charge is 1.00 e. The molecule has 0 saturated heterocycles. The van der Waals surface area contributed by atoms with Crippen LogP contribution in [0.3, 0.4) is 0 Å². The van der Waals surface area contributed by atoms with E-state index in [0.29, 0.717) is 0 Å². The lowest BCUT2D eigenvalue weighted by molar-refractivity contribution is -0.910. The van der Waals surface area contributed by atoms with E-state index < -0.39 is 0 Å². The first-order valence-electron chi connectivity index (χ1n) is 4.06. The van der Waals surface area contributed by atoms with Crippen molar-refractivity contribution in [3.05, 3.63) is 35.4 Å². The Morgan fingerprint density at radius 1 is 1.00 bits per heavy atom. The highest BCUT2D eigenvalue weighted by Crippen LogP contribution is 2.25. The fourth-order valence-electron chi connectivity index (χ4n) is 1.84. The number of nitrogens with zero attached hydrogens (tertiary/aromatic N) is 1. The van der Waals surface area contributed by atoms with Crippen LogP contribution in [0.4, 0.5) is 0 Å². The van der Waals surface area contributed by atoms with Crippen molar-refractivity contribution in [2.24, 2.45) is 0 Å². The standard InChI is InChI=1S/C10H14N.ClH/c1-11(2)7-9-5-3-4-6-10(9)8-11;/h3-6H,7-8H2,1-2H3;1H/q+1;/p-1. The van der Waals surface area contributed by atoms with Crippen molar-refractivity contribution in [1.29, 1.82) is 0 Å². The van der Waals surface area contributed by atoms with Crippen molar-refractivity contribution < 1.29 is 16.9 Å². The molecule has 2 heteroatoms. The summed E-state index contributed by atoms with van der Waals surface area (Å²) >= 11 is 0. The molecule has 0 bridgehead atoms. The lowest BCUT2D eigenvalue weighted by Crippen LogP contribution is -3.00. The highest BCUT2D eigenvalue weighted by atomic mass is 35.5. The van der Waals surface area contributed by atoms with Crippen molar-refractivity contribution in [2.45, 2.75) is 13.1 Å². The molecule has 1 aromatic carbocycles. The van der Waals surface area contributed by atoms with Crippen LogP contribution in [0.25, 0.3) is 0 Å². The number of halogens is 1. The van der Waals surface area contributed by atoms with Crippen molar-refractivity contribution in [3.8, 4) is 0 Å². The zero-order chi connectivity index (χ0) is 7.90. The summed E-state index contributed by atoms with van der Waals surface area (Å²) in [5, 5.41) is 0. The minimum Gasteiger partial charge on any atom is -1.00 e. The Morgan fingerprint density at radius 2 is 1.42 bits per heavy atom. The maximum absolute atomic E-state index is 2.28. The van der Waals surface area contributed by atoms with Gasteiger partial charge in [0.15, 0.2) is 0 Å².